The van der Waals surface area contributed by atoms with Crippen LogP contribution in [0.25, 0.3) is 21.3 Å². The Morgan fingerprint density at radius 2 is 1.93 bits per heavy atom. The smallest absolute Gasteiger partial charge is 0.274 e. The molecule has 3 aromatic heterocycles. The van der Waals surface area contributed by atoms with Crippen molar-refractivity contribution in [1.29, 1.82) is 0 Å². The standard InChI is InChI=1S/C29H23F2N7O2S/c1-40-10-2-3-19-14-33-28(26(38-19)29(39)35-13-17-4-7-22(30)23(31)11-17)34-15-20-6-9-25(41-20)18-5-8-24-21(12-18)27(32)37-16-36-24/h4-9,11-12,14,16H,10,13,15H2,1H3,(H,33,34)(H,35,39)(H2,32,36,37). The number of methoxy groups -OCH3 is 1. The molecule has 2 aromatic carbocycles. The van der Waals surface area contributed by atoms with Gasteiger partial charge in [0.25, 0.3) is 5.91 Å². The van der Waals surface area contributed by atoms with E-state index < -0.39 is 17.5 Å². The number of aromatic nitrogens is 4. The van der Waals surface area contributed by atoms with E-state index in [4.69, 9.17) is 10.5 Å². The molecular formula is C29H23F2N7O2S. The van der Waals surface area contributed by atoms with Gasteiger partial charge in [0, 0.05) is 28.8 Å². The third-order valence-corrected chi connectivity index (χ3v) is 7.03. The van der Waals surface area contributed by atoms with Crippen LogP contribution in [0.5, 0.6) is 0 Å². The number of nitrogens with zero attached hydrogens (tertiary/aromatic N) is 4. The average Bonchev–Trinajstić information content (AvgIpc) is 3.46. The van der Waals surface area contributed by atoms with Gasteiger partial charge in [0.15, 0.2) is 23.1 Å². The number of ether oxygens (including phenoxy) is 1. The lowest BCUT2D eigenvalue weighted by molar-refractivity contribution is 0.0946. The first kappa shape index (κ1) is 27.6. The van der Waals surface area contributed by atoms with E-state index in [0.29, 0.717) is 17.9 Å². The Balaban J connectivity index is 1.33. The number of nitrogen functional groups attached to an aromatic ring is 1. The van der Waals surface area contributed by atoms with E-state index in [1.54, 1.807) is 11.3 Å². The van der Waals surface area contributed by atoms with E-state index in [0.717, 1.165) is 38.4 Å². The molecule has 0 aliphatic rings. The first-order valence-electron chi connectivity index (χ1n) is 12.3. The fourth-order valence-electron chi connectivity index (χ4n) is 3.88. The zero-order valence-corrected chi connectivity index (χ0v) is 22.6. The molecule has 0 spiro atoms. The van der Waals surface area contributed by atoms with Crippen LogP contribution in [0.15, 0.2) is 61.1 Å². The maximum absolute atomic E-state index is 13.6. The SMILES string of the molecule is COCC#Cc1cnc(NCc2ccc(-c3ccc4ncnc(N)c4c3)s2)c(C(=O)NCc2ccc(F)c(F)c2)n1. The van der Waals surface area contributed by atoms with Crippen LogP contribution in [0.3, 0.4) is 0 Å². The quantitative estimate of drug-likeness (QED) is 0.232. The predicted octanol–water partition coefficient (Wildman–Crippen LogP) is 4.55. The van der Waals surface area contributed by atoms with Crippen molar-refractivity contribution in [2.75, 3.05) is 24.8 Å². The maximum Gasteiger partial charge on any atom is 0.274 e. The van der Waals surface area contributed by atoms with Crippen molar-refractivity contribution in [3.05, 3.63) is 94.5 Å². The summed E-state index contributed by atoms with van der Waals surface area (Å²) >= 11 is 1.57. The van der Waals surface area contributed by atoms with Gasteiger partial charge in [-0.05, 0) is 53.4 Å². The maximum atomic E-state index is 13.6. The van der Waals surface area contributed by atoms with Crippen molar-refractivity contribution < 1.29 is 18.3 Å². The van der Waals surface area contributed by atoms with Crippen molar-refractivity contribution in [2.24, 2.45) is 0 Å². The molecule has 41 heavy (non-hydrogen) atoms. The number of nitrogens with two attached hydrogens (primary N) is 1. The lowest BCUT2D eigenvalue weighted by Gasteiger charge is -2.11. The van der Waals surface area contributed by atoms with E-state index in [-0.39, 0.29) is 30.4 Å². The van der Waals surface area contributed by atoms with Crippen LogP contribution in [-0.2, 0) is 17.8 Å². The van der Waals surface area contributed by atoms with Crippen molar-refractivity contribution in [2.45, 2.75) is 13.1 Å². The van der Waals surface area contributed by atoms with E-state index in [9.17, 15) is 13.6 Å². The normalized spacial score (nSPS) is 10.7. The summed E-state index contributed by atoms with van der Waals surface area (Å²) in [5.41, 5.74) is 8.45. The second-order valence-electron chi connectivity index (χ2n) is 8.73. The molecule has 4 N–H and O–H groups in total. The molecule has 0 atom stereocenters. The summed E-state index contributed by atoms with van der Waals surface area (Å²) < 4.78 is 31.8. The first-order chi connectivity index (χ1) is 19.9. The first-order valence-corrected chi connectivity index (χ1v) is 13.1. The van der Waals surface area contributed by atoms with Crippen LogP contribution < -0.4 is 16.4 Å². The fraction of sp³-hybridized carbons (Fsp3) is 0.138. The van der Waals surface area contributed by atoms with Gasteiger partial charge in [-0.3, -0.25) is 4.79 Å². The number of carbonyl (C=O) groups excluding carboxylic acids is 1. The number of benzene rings is 2. The van der Waals surface area contributed by atoms with Gasteiger partial charge in [0.1, 0.15) is 24.4 Å². The van der Waals surface area contributed by atoms with Crippen molar-refractivity contribution in [3.63, 3.8) is 0 Å². The van der Waals surface area contributed by atoms with Gasteiger partial charge in [0.05, 0.1) is 18.3 Å². The Labute approximate surface area is 237 Å². The molecule has 3 heterocycles. The summed E-state index contributed by atoms with van der Waals surface area (Å²) in [5.74, 6) is 3.73. The summed E-state index contributed by atoms with van der Waals surface area (Å²) in [6, 6.07) is 13.2. The van der Waals surface area contributed by atoms with Gasteiger partial charge < -0.3 is 21.1 Å². The minimum absolute atomic E-state index is 0.0126. The number of nitrogens with one attached hydrogen (secondary N) is 2. The van der Waals surface area contributed by atoms with E-state index >= 15 is 0 Å². The van der Waals surface area contributed by atoms with Crippen LogP contribution in [0.2, 0.25) is 0 Å². The molecule has 12 heteroatoms. The molecule has 0 aliphatic heterocycles. The van der Waals surface area contributed by atoms with E-state index in [1.165, 1.54) is 25.7 Å². The van der Waals surface area contributed by atoms with Crippen LogP contribution in [0, 0.1) is 23.5 Å². The van der Waals surface area contributed by atoms with Crippen molar-refractivity contribution in [3.8, 4) is 22.3 Å². The van der Waals surface area contributed by atoms with E-state index in [1.807, 2.05) is 30.3 Å². The molecule has 0 saturated heterocycles. The lowest BCUT2D eigenvalue weighted by Crippen LogP contribution is -2.26. The average molecular weight is 572 g/mol. The van der Waals surface area contributed by atoms with E-state index in [2.05, 4.69) is 42.4 Å². The highest BCUT2D eigenvalue weighted by molar-refractivity contribution is 7.15. The molecule has 1 amide bonds. The number of thiophene rings is 1. The highest BCUT2D eigenvalue weighted by Crippen LogP contribution is 2.31. The van der Waals surface area contributed by atoms with Gasteiger partial charge in [-0.2, -0.15) is 0 Å². The topological polar surface area (TPSA) is 128 Å². The summed E-state index contributed by atoms with van der Waals surface area (Å²) in [7, 11) is 1.52. The highest BCUT2D eigenvalue weighted by atomic mass is 32.1. The largest absolute Gasteiger partial charge is 0.383 e. The van der Waals surface area contributed by atoms with Crippen LogP contribution in [0.1, 0.15) is 26.6 Å². The summed E-state index contributed by atoms with van der Waals surface area (Å²) in [6.45, 7) is 0.527. The fourth-order valence-corrected chi connectivity index (χ4v) is 4.82. The van der Waals surface area contributed by atoms with Crippen LogP contribution in [0.4, 0.5) is 20.4 Å². The molecule has 5 rings (SSSR count). The molecule has 0 fully saturated rings. The van der Waals surface area contributed by atoms with Crippen molar-refractivity contribution >= 4 is 39.8 Å². The lowest BCUT2D eigenvalue weighted by atomic mass is 10.1. The van der Waals surface area contributed by atoms with Crippen molar-refractivity contribution in [1.82, 2.24) is 25.3 Å². The molecule has 0 unspecified atom stereocenters. The molecule has 0 radical (unpaired) electrons. The Morgan fingerprint density at radius 3 is 2.76 bits per heavy atom. The molecule has 206 valence electrons. The Kier molecular flexibility index (Phi) is 8.38. The van der Waals surface area contributed by atoms with Gasteiger partial charge in [-0.25, -0.2) is 28.7 Å². The number of hydrogen-bond acceptors (Lipinski definition) is 9. The molecule has 0 saturated carbocycles. The Bertz CT molecular complexity index is 1800. The summed E-state index contributed by atoms with van der Waals surface area (Å²) in [5, 5.41) is 6.63. The minimum Gasteiger partial charge on any atom is -0.383 e. The zero-order chi connectivity index (χ0) is 28.8. The van der Waals surface area contributed by atoms with Gasteiger partial charge in [-0.15, -0.1) is 11.3 Å². The monoisotopic (exact) mass is 571 g/mol. The van der Waals surface area contributed by atoms with Crippen LogP contribution in [-0.4, -0.2) is 39.6 Å². The zero-order valence-electron chi connectivity index (χ0n) is 21.7. The third kappa shape index (κ3) is 6.60. The number of rotatable bonds is 8. The van der Waals surface area contributed by atoms with Crippen LogP contribution >= 0.6 is 11.3 Å². The van der Waals surface area contributed by atoms with Gasteiger partial charge in [0.2, 0.25) is 0 Å². The van der Waals surface area contributed by atoms with Gasteiger partial charge >= 0.3 is 0 Å². The number of halogens is 2. The molecule has 0 aliphatic carbocycles. The highest BCUT2D eigenvalue weighted by Gasteiger charge is 2.17. The number of fused-ring (bicyclic) bond motifs is 1. The minimum atomic E-state index is -0.995. The Hall–Kier alpha value is -4.99. The number of carbonyl (C=O) groups is 1. The summed E-state index contributed by atoms with van der Waals surface area (Å²) in [4.78, 5) is 32.1. The summed E-state index contributed by atoms with van der Waals surface area (Å²) in [6.07, 6.45) is 2.89. The molecular weight excluding hydrogens is 548 g/mol. The predicted molar refractivity (Wildman–Crippen MR) is 153 cm³/mol. The number of hydrogen-bond donors (Lipinski definition) is 3. The number of anilines is 2. The molecule has 5 aromatic rings. The molecule has 9 nitrogen and oxygen atoms in total. The second kappa shape index (κ2) is 12.5. The Morgan fingerprint density at radius 1 is 1.05 bits per heavy atom. The molecule has 0 bridgehead atoms. The third-order valence-electron chi connectivity index (χ3n) is 5.90. The number of amides is 1. The van der Waals surface area contributed by atoms with Gasteiger partial charge in [-0.1, -0.05) is 18.1 Å². The second-order valence-corrected chi connectivity index (χ2v) is 9.90.